The molecule has 1 fully saturated rings. The predicted octanol–water partition coefficient (Wildman–Crippen LogP) is -1.07. The Kier molecular flexibility index (Phi) is 4.70. The quantitative estimate of drug-likeness (QED) is 0.613. The Balaban J connectivity index is 1.77. The first kappa shape index (κ1) is 14.5. The average Bonchev–Trinajstić information content (AvgIpc) is 3.07. The standard InChI is InChI=1S/C12H18N4O4/c1-13-10-6-20-5-8(10)11(17)14-2-3-16-4-9(12(18)19)15-7-16/h4,7-8,10,13H,2-3,5-6H2,1H3,(H,14,17)(H,18,19). The summed E-state index contributed by atoms with van der Waals surface area (Å²) in [6.07, 6.45) is 2.87. The normalized spacial score (nSPS) is 21.9. The molecule has 1 aliphatic heterocycles. The zero-order valence-electron chi connectivity index (χ0n) is 11.2. The van der Waals surface area contributed by atoms with Crippen molar-refractivity contribution in [3.05, 3.63) is 18.2 Å². The maximum absolute atomic E-state index is 12.0. The molecule has 8 nitrogen and oxygen atoms in total. The molecule has 3 N–H and O–H groups in total. The highest BCUT2D eigenvalue weighted by Gasteiger charge is 2.32. The van der Waals surface area contributed by atoms with Gasteiger partial charge in [0.1, 0.15) is 0 Å². The van der Waals surface area contributed by atoms with E-state index in [1.807, 2.05) is 0 Å². The highest BCUT2D eigenvalue weighted by molar-refractivity contribution is 5.84. The van der Waals surface area contributed by atoms with Crippen molar-refractivity contribution in [2.24, 2.45) is 5.92 Å². The van der Waals surface area contributed by atoms with Crippen LogP contribution in [-0.4, -0.2) is 59.4 Å². The Labute approximate surface area is 116 Å². The zero-order chi connectivity index (χ0) is 14.5. The van der Waals surface area contributed by atoms with Gasteiger partial charge in [0.25, 0.3) is 0 Å². The maximum Gasteiger partial charge on any atom is 0.356 e. The van der Waals surface area contributed by atoms with Crippen LogP contribution in [0.1, 0.15) is 10.5 Å². The summed E-state index contributed by atoms with van der Waals surface area (Å²) < 4.78 is 6.90. The zero-order valence-corrected chi connectivity index (χ0v) is 11.2. The Bertz CT molecular complexity index is 488. The number of aromatic carboxylic acids is 1. The molecule has 0 bridgehead atoms. The van der Waals surface area contributed by atoms with E-state index in [0.29, 0.717) is 26.3 Å². The minimum absolute atomic E-state index is 0.00392. The number of ether oxygens (including phenoxy) is 1. The van der Waals surface area contributed by atoms with E-state index in [-0.39, 0.29) is 23.6 Å². The molecule has 1 saturated heterocycles. The van der Waals surface area contributed by atoms with Gasteiger partial charge >= 0.3 is 5.97 Å². The Morgan fingerprint density at radius 3 is 3.00 bits per heavy atom. The van der Waals surface area contributed by atoms with Crippen LogP contribution in [0.5, 0.6) is 0 Å². The highest BCUT2D eigenvalue weighted by Crippen LogP contribution is 2.13. The number of carbonyl (C=O) groups excluding carboxylic acids is 1. The maximum atomic E-state index is 12.0. The van der Waals surface area contributed by atoms with Gasteiger partial charge in [0, 0.05) is 25.3 Å². The van der Waals surface area contributed by atoms with Crippen LogP contribution in [-0.2, 0) is 16.1 Å². The molecule has 2 unspecified atom stereocenters. The lowest BCUT2D eigenvalue weighted by molar-refractivity contribution is -0.125. The molecule has 1 aliphatic rings. The first-order chi connectivity index (χ1) is 9.61. The number of hydrogen-bond donors (Lipinski definition) is 3. The summed E-state index contributed by atoms with van der Waals surface area (Å²) in [6, 6.07) is 0.0434. The SMILES string of the molecule is CNC1COCC1C(=O)NCCn1cnc(C(=O)O)c1. The van der Waals surface area contributed by atoms with Gasteiger partial charge < -0.3 is 25.0 Å². The van der Waals surface area contributed by atoms with E-state index >= 15 is 0 Å². The van der Waals surface area contributed by atoms with Crippen LogP contribution in [0, 0.1) is 5.92 Å². The number of carbonyl (C=O) groups is 2. The van der Waals surface area contributed by atoms with E-state index in [9.17, 15) is 9.59 Å². The number of carboxylic acid groups (broad SMARTS) is 1. The minimum atomic E-state index is -1.06. The van der Waals surface area contributed by atoms with Crippen molar-refractivity contribution in [2.45, 2.75) is 12.6 Å². The fourth-order valence-electron chi connectivity index (χ4n) is 2.13. The molecule has 0 aliphatic carbocycles. The molecule has 110 valence electrons. The van der Waals surface area contributed by atoms with Crippen LogP contribution in [0.4, 0.5) is 0 Å². The molecule has 20 heavy (non-hydrogen) atoms. The van der Waals surface area contributed by atoms with Crippen LogP contribution in [0.3, 0.4) is 0 Å². The summed E-state index contributed by atoms with van der Waals surface area (Å²) >= 11 is 0. The molecule has 2 atom stereocenters. The van der Waals surface area contributed by atoms with Gasteiger partial charge in [-0.2, -0.15) is 0 Å². The number of aromatic nitrogens is 2. The lowest BCUT2D eigenvalue weighted by Gasteiger charge is -2.16. The van der Waals surface area contributed by atoms with Crippen molar-refractivity contribution in [1.29, 1.82) is 0 Å². The lowest BCUT2D eigenvalue weighted by Crippen LogP contribution is -2.43. The average molecular weight is 282 g/mol. The van der Waals surface area contributed by atoms with Crippen molar-refractivity contribution in [3.8, 4) is 0 Å². The van der Waals surface area contributed by atoms with Crippen LogP contribution < -0.4 is 10.6 Å². The largest absolute Gasteiger partial charge is 0.476 e. The first-order valence-electron chi connectivity index (χ1n) is 6.39. The van der Waals surface area contributed by atoms with E-state index in [4.69, 9.17) is 9.84 Å². The van der Waals surface area contributed by atoms with Gasteiger partial charge in [-0.05, 0) is 7.05 Å². The van der Waals surface area contributed by atoms with Gasteiger partial charge in [0.15, 0.2) is 5.69 Å². The second-order valence-corrected chi connectivity index (χ2v) is 4.63. The molecule has 1 aromatic rings. The Morgan fingerprint density at radius 1 is 1.55 bits per heavy atom. The van der Waals surface area contributed by atoms with Gasteiger partial charge in [-0.3, -0.25) is 4.79 Å². The van der Waals surface area contributed by atoms with E-state index < -0.39 is 5.97 Å². The topological polar surface area (TPSA) is 105 Å². The fraction of sp³-hybridized carbons (Fsp3) is 0.583. The number of amides is 1. The van der Waals surface area contributed by atoms with Crippen LogP contribution in [0.2, 0.25) is 0 Å². The molecule has 0 radical (unpaired) electrons. The van der Waals surface area contributed by atoms with Crippen LogP contribution in [0.15, 0.2) is 12.5 Å². The van der Waals surface area contributed by atoms with Gasteiger partial charge in [0.2, 0.25) is 5.91 Å². The van der Waals surface area contributed by atoms with Crippen molar-refractivity contribution in [2.75, 3.05) is 26.8 Å². The molecule has 0 spiro atoms. The molecule has 1 aromatic heterocycles. The molecule has 1 amide bonds. The molecule has 8 heteroatoms. The smallest absolute Gasteiger partial charge is 0.356 e. The predicted molar refractivity (Wildman–Crippen MR) is 69.4 cm³/mol. The summed E-state index contributed by atoms with van der Waals surface area (Å²) in [7, 11) is 1.80. The summed E-state index contributed by atoms with van der Waals surface area (Å²) in [4.78, 5) is 26.4. The number of nitrogens with one attached hydrogen (secondary N) is 2. The van der Waals surface area contributed by atoms with Crippen LogP contribution >= 0.6 is 0 Å². The minimum Gasteiger partial charge on any atom is -0.476 e. The summed E-state index contributed by atoms with van der Waals surface area (Å²) in [5.74, 6) is -1.30. The fourth-order valence-corrected chi connectivity index (χ4v) is 2.13. The molecular weight excluding hydrogens is 264 g/mol. The summed E-state index contributed by atoms with van der Waals surface area (Å²) in [5.41, 5.74) is -0.00392. The third-order valence-corrected chi connectivity index (χ3v) is 3.31. The van der Waals surface area contributed by atoms with Crippen molar-refractivity contribution in [3.63, 3.8) is 0 Å². The van der Waals surface area contributed by atoms with Gasteiger partial charge in [-0.25, -0.2) is 9.78 Å². The van der Waals surface area contributed by atoms with Crippen molar-refractivity contribution >= 4 is 11.9 Å². The molecule has 0 saturated carbocycles. The molecule has 2 rings (SSSR count). The second kappa shape index (κ2) is 6.49. The third-order valence-electron chi connectivity index (χ3n) is 3.31. The Hall–Kier alpha value is -1.93. The number of hydrogen-bond acceptors (Lipinski definition) is 5. The van der Waals surface area contributed by atoms with Gasteiger partial charge in [0.05, 0.1) is 25.5 Å². The number of likely N-dealkylation sites (N-methyl/N-ethyl adjacent to an activating group) is 1. The number of carboxylic acids is 1. The molecule has 2 heterocycles. The number of rotatable bonds is 6. The van der Waals surface area contributed by atoms with E-state index in [1.54, 1.807) is 11.6 Å². The lowest BCUT2D eigenvalue weighted by atomic mass is 10.0. The van der Waals surface area contributed by atoms with Crippen molar-refractivity contribution < 1.29 is 19.4 Å². The number of imidazole rings is 1. The van der Waals surface area contributed by atoms with E-state index in [1.165, 1.54) is 12.5 Å². The first-order valence-corrected chi connectivity index (χ1v) is 6.39. The Morgan fingerprint density at radius 2 is 2.35 bits per heavy atom. The summed E-state index contributed by atoms with van der Waals surface area (Å²) in [6.45, 7) is 1.86. The monoisotopic (exact) mass is 282 g/mol. The van der Waals surface area contributed by atoms with Gasteiger partial charge in [-0.15, -0.1) is 0 Å². The van der Waals surface area contributed by atoms with E-state index in [2.05, 4.69) is 15.6 Å². The van der Waals surface area contributed by atoms with Gasteiger partial charge in [-0.1, -0.05) is 0 Å². The second-order valence-electron chi connectivity index (χ2n) is 4.63. The summed E-state index contributed by atoms with van der Waals surface area (Å²) in [5, 5.41) is 14.6. The number of nitrogens with zero attached hydrogens (tertiary/aromatic N) is 2. The third kappa shape index (κ3) is 3.34. The highest BCUT2D eigenvalue weighted by atomic mass is 16.5. The van der Waals surface area contributed by atoms with E-state index in [0.717, 1.165) is 0 Å². The van der Waals surface area contributed by atoms with Crippen molar-refractivity contribution in [1.82, 2.24) is 20.2 Å². The molecule has 0 aromatic carbocycles. The molecular formula is C12H18N4O4. The van der Waals surface area contributed by atoms with Crippen LogP contribution in [0.25, 0.3) is 0 Å².